The average Bonchev–Trinajstić information content (AvgIpc) is 2.86. The van der Waals surface area contributed by atoms with E-state index in [1.807, 2.05) is 20.8 Å². The van der Waals surface area contributed by atoms with Crippen molar-refractivity contribution in [1.29, 1.82) is 0 Å². The molecule has 0 bridgehead atoms. The predicted molar refractivity (Wildman–Crippen MR) is 167 cm³/mol. The lowest BCUT2D eigenvalue weighted by Gasteiger charge is -2.59. The van der Waals surface area contributed by atoms with Gasteiger partial charge in [0.25, 0.3) is 0 Å². The Morgan fingerprint density at radius 3 is 2.29 bits per heavy atom. The van der Waals surface area contributed by atoms with Crippen molar-refractivity contribution >= 4 is 17.3 Å². The summed E-state index contributed by atoms with van der Waals surface area (Å²) in [6, 6.07) is 11.1. The molecule has 0 saturated carbocycles. The molecule has 41 heavy (non-hydrogen) atoms. The third-order valence-corrected chi connectivity index (χ3v) is 11.0. The van der Waals surface area contributed by atoms with E-state index in [1.54, 1.807) is 0 Å². The molecule has 3 nitrogen and oxygen atoms in total. The van der Waals surface area contributed by atoms with E-state index >= 15 is 0 Å². The molecule has 0 aliphatic heterocycles. The first-order chi connectivity index (χ1) is 19.1. The Morgan fingerprint density at radius 1 is 1.00 bits per heavy atom. The molecule has 0 aromatic heterocycles. The average molecular weight is 551 g/mol. The zero-order valence-corrected chi connectivity index (χ0v) is 26.7. The summed E-state index contributed by atoms with van der Waals surface area (Å²) in [7, 11) is 0. The monoisotopic (exact) mass is 550 g/mol. The van der Waals surface area contributed by atoms with Crippen LogP contribution in [0.1, 0.15) is 120 Å². The van der Waals surface area contributed by atoms with Crippen molar-refractivity contribution in [2.45, 2.75) is 107 Å². The van der Waals surface area contributed by atoms with Gasteiger partial charge in [-0.15, -0.1) is 0 Å². The Balaban J connectivity index is 1.78. The zero-order chi connectivity index (χ0) is 30.2. The van der Waals surface area contributed by atoms with Crippen LogP contribution in [0.15, 0.2) is 52.6 Å². The molecule has 3 atom stereocenters. The van der Waals surface area contributed by atoms with Gasteiger partial charge in [0.05, 0.1) is 11.0 Å². The molecule has 0 heterocycles. The van der Waals surface area contributed by atoms with Crippen LogP contribution in [-0.2, 0) is 22.4 Å². The number of fused-ring (bicyclic) bond motifs is 3. The van der Waals surface area contributed by atoms with Gasteiger partial charge in [-0.2, -0.15) is 0 Å². The fraction of sp³-hybridized carbons (Fsp3) is 0.500. The lowest BCUT2D eigenvalue weighted by atomic mass is 9.42. The van der Waals surface area contributed by atoms with E-state index in [2.05, 4.69) is 71.9 Å². The molecule has 3 aliphatic carbocycles. The molecule has 0 N–H and O–H groups in total. The van der Waals surface area contributed by atoms with Crippen LogP contribution < -0.4 is 0 Å². The fourth-order valence-electron chi connectivity index (χ4n) is 9.01. The van der Waals surface area contributed by atoms with Gasteiger partial charge in [-0.1, -0.05) is 82.5 Å². The number of ketones is 3. The van der Waals surface area contributed by atoms with E-state index in [4.69, 9.17) is 0 Å². The molecule has 2 aromatic rings. The third-order valence-electron chi connectivity index (χ3n) is 11.0. The first-order valence-corrected chi connectivity index (χ1v) is 15.4. The molecule has 0 spiro atoms. The van der Waals surface area contributed by atoms with Crippen molar-refractivity contribution in [3.63, 3.8) is 0 Å². The van der Waals surface area contributed by atoms with Crippen molar-refractivity contribution in [2.75, 3.05) is 0 Å². The van der Waals surface area contributed by atoms with Crippen LogP contribution in [0.2, 0.25) is 0 Å². The number of Topliss-reactive ketones (excluding diaryl/α,β-unsaturated/α-hetero) is 3. The van der Waals surface area contributed by atoms with E-state index < -0.39 is 5.41 Å². The van der Waals surface area contributed by atoms with Crippen LogP contribution >= 0.6 is 0 Å². The first-order valence-electron chi connectivity index (χ1n) is 15.4. The predicted octanol–water partition coefficient (Wildman–Crippen LogP) is 9.09. The minimum absolute atomic E-state index is 0.0731. The number of hydrogen-bond acceptors (Lipinski definition) is 3. The fourth-order valence-corrected chi connectivity index (χ4v) is 9.01. The van der Waals surface area contributed by atoms with Crippen molar-refractivity contribution in [2.24, 2.45) is 16.2 Å². The van der Waals surface area contributed by atoms with Gasteiger partial charge in [0.2, 0.25) is 0 Å². The first kappa shape index (κ1) is 29.4. The van der Waals surface area contributed by atoms with Gasteiger partial charge in [-0.05, 0) is 105 Å². The van der Waals surface area contributed by atoms with E-state index in [0.717, 1.165) is 64.7 Å². The van der Waals surface area contributed by atoms with Gasteiger partial charge in [0.15, 0.2) is 17.3 Å². The van der Waals surface area contributed by atoms with Gasteiger partial charge >= 0.3 is 0 Å². The Labute approximate surface area is 246 Å². The number of rotatable bonds is 5. The largest absolute Gasteiger partial charge is 0.294 e. The van der Waals surface area contributed by atoms with E-state index in [0.29, 0.717) is 12.0 Å². The number of benzene rings is 2. The highest BCUT2D eigenvalue weighted by atomic mass is 16.2. The minimum atomic E-state index is -0.892. The minimum Gasteiger partial charge on any atom is -0.294 e. The zero-order valence-electron chi connectivity index (χ0n) is 26.7. The third kappa shape index (κ3) is 4.09. The summed E-state index contributed by atoms with van der Waals surface area (Å²) in [5.41, 5.74) is 9.12. The number of allylic oxidation sites excluding steroid dienone is 4. The molecule has 3 unspecified atom stereocenters. The number of hydrogen-bond donors (Lipinski definition) is 0. The summed E-state index contributed by atoms with van der Waals surface area (Å²) in [6.07, 6.45) is 4.33. The number of aryl methyl sites for hydroxylation is 1. The van der Waals surface area contributed by atoms with Crippen molar-refractivity contribution in [1.82, 2.24) is 0 Å². The Bertz CT molecular complexity index is 1580. The summed E-state index contributed by atoms with van der Waals surface area (Å²) >= 11 is 0. The van der Waals surface area contributed by atoms with E-state index in [9.17, 15) is 14.4 Å². The topological polar surface area (TPSA) is 51.2 Å². The number of carbonyl (C=O) groups is 3. The molecule has 0 saturated heterocycles. The van der Waals surface area contributed by atoms with Crippen LogP contribution in [-0.4, -0.2) is 17.3 Å². The van der Waals surface area contributed by atoms with Crippen LogP contribution in [0.3, 0.4) is 0 Å². The quantitative estimate of drug-likeness (QED) is 0.349. The highest BCUT2D eigenvalue weighted by Gasteiger charge is 2.63. The van der Waals surface area contributed by atoms with Gasteiger partial charge < -0.3 is 0 Å². The summed E-state index contributed by atoms with van der Waals surface area (Å²) in [5.74, 6) is 0.0652. The maximum atomic E-state index is 14.9. The van der Waals surface area contributed by atoms with Gasteiger partial charge in [0.1, 0.15) is 0 Å². The Hall–Kier alpha value is -3.07. The molecule has 0 amide bonds. The molecular formula is C38H46O3. The summed E-state index contributed by atoms with van der Waals surface area (Å²) in [6.45, 7) is 20.6. The van der Waals surface area contributed by atoms with Crippen molar-refractivity contribution in [3.8, 4) is 11.1 Å². The molecule has 216 valence electrons. The maximum absolute atomic E-state index is 14.9. The highest BCUT2D eigenvalue weighted by Crippen LogP contribution is 2.66. The van der Waals surface area contributed by atoms with Crippen molar-refractivity contribution < 1.29 is 14.4 Å². The van der Waals surface area contributed by atoms with E-state index in [-0.39, 0.29) is 34.1 Å². The van der Waals surface area contributed by atoms with Crippen LogP contribution in [0.4, 0.5) is 0 Å². The molecular weight excluding hydrogens is 504 g/mol. The van der Waals surface area contributed by atoms with Crippen LogP contribution in [0.25, 0.3) is 11.1 Å². The second kappa shape index (κ2) is 9.75. The van der Waals surface area contributed by atoms with Gasteiger partial charge in [-0.3, -0.25) is 14.4 Å². The van der Waals surface area contributed by atoms with Crippen LogP contribution in [0, 0.1) is 23.2 Å². The smallest absolute Gasteiger partial charge is 0.190 e. The van der Waals surface area contributed by atoms with Gasteiger partial charge in [0, 0.05) is 16.6 Å². The maximum Gasteiger partial charge on any atom is 0.190 e. The molecule has 3 heteroatoms. The second-order valence-corrected chi connectivity index (χ2v) is 14.2. The Morgan fingerprint density at radius 2 is 1.68 bits per heavy atom. The molecule has 5 rings (SSSR count). The lowest BCUT2D eigenvalue weighted by Crippen LogP contribution is -2.57. The normalized spacial score (nSPS) is 27.7. The molecule has 0 fully saturated rings. The van der Waals surface area contributed by atoms with E-state index in [1.165, 1.54) is 23.6 Å². The standard InChI is InChI=1S/C38H46O3/c1-11-13-26-14-12-15-27(16-26)29-17-28(21(2)3)30-19-36(8)20-37(9)18-22(4)31(25(7)39)35(41)38(37,10)24(6)33(36)34(40)32(30)23(29)5/h12,14-17,21H,11,13,18-20H2,1-10H3. The summed E-state index contributed by atoms with van der Waals surface area (Å²) in [5, 5.41) is 0. The molecule has 0 radical (unpaired) electrons. The molecule has 2 aromatic carbocycles. The lowest BCUT2D eigenvalue weighted by molar-refractivity contribution is -0.134. The second-order valence-electron chi connectivity index (χ2n) is 14.2. The summed E-state index contributed by atoms with van der Waals surface area (Å²) in [4.78, 5) is 41.7. The SMILES string of the molecule is CCCc1cccc(-c2cc(C(C)C)c3c(c2C)C(=O)C2=C(C)C4(C)C(=O)C(C(C)=O)=C(C)CC4(C)CC2(C)C3)c1. The van der Waals surface area contributed by atoms with Gasteiger partial charge in [-0.25, -0.2) is 0 Å². The van der Waals surface area contributed by atoms with Crippen LogP contribution in [0.5, 0.6) is 0 Å². The molecule has 3 aliphatic rings. The summed E-state index contributed by atoms with van der Waals surface area (Å²) < 4.78 is 0. The van der Waals surface area contributed by atoms with Crippen molar-refractivity contribution in [3.05, 3.63) is 80.4 Å². The number of carbonyl (C=O) groups excluding carboxylic acids is 3. The Kier molecular flexibility index (Phi) is 7.00. The highest BCUT2D eigenvalue weighted by molar-refractivity contribution is 6.24.